The minimum absolute atomic E-state index is 0.567. The zero-order valence-electron chi connectivity index (χ0n) is 35.0. The van der Waals surface area contributed by atoms with Crippen molar-refractivity contribution in [3.05, 3.63) is 224 Å². The summed E-state index contributed by atoms with van der Waals surface area (Å²) in [5.74, 6) is 2.40. The molecule has 304 valence electrons. The molecule has 9 aromatic carbocycles. The van der Waals surface area contributed by atoms with Crippen molar-refractivity contribution in [2.75, 3.05) is 0 Å². The fourth-order valence-electron chi connectivity index (χ4n) is 8.60. The number of aromatic nitrogens is 5. The van der Waals surface area contributed by atoms with E-state index < -0.39 is 0 Å². The van der Waals surface area contributed by atoms with Gasteiger partial charge in [0.2, 0.25) is 0 Å². The van der Waals surface area contributed by atoms with Gasteiger partial charge < -0.3 is 4.42 Å². The summed E-state index contributed by atoms with van der Waals surface area (Å²) in [5, 5.41) is 4.45. The summed E-state index contributed by atoms with van der Waals surface area (Å²) in [6.45, 7) is 0. The molecule has 6 heteroatoms. The zero-order chi connectivity index (χ0) is 43.1. The number of rotatable bonds is 8. The van der Waals surface area contributed by atoms with Gasteiger partial charge in [-0.3, -0.25) is 0 Å². The van der Waals surface area contributed by atoms with Gasteiger partial charge in [0.05, 0.1) is 11.4 Å². The summed E-state index contributed by atoms with van der Waals surface area (Å²) in [4.78, 5) is 25.6. The molecule has 0 atom stereocenters. The predicted molar refractivity (Wildman–Crippen MR) is 264 cm³/mol. The summed E-state index contributed by atoms with van der Waals surface area (Å²) in [6.07, 6.45) is 0. The first-order valence-electron chi connectivity index (χ1n) is 21.6. The molecule has 0 aliphatic heterocycles. The monoisotopic (exact) mass is 831 g/mol. The van der Waals surface area contributed by atoms with E-state index in [2.05, 4.69) is 164 Å². The molecule has 3 aromatic heterocycles. The van der Waals surface area contributed by atoms with Gasteiger partial charge in [0.1, 0.15) is 11.2 Å². The van der Waals surface area contributed by atoms with Crippen LogP contribution in [0.4, 0.5) is 0 Å². The first-order chi connectivity index (χ1) is 32.1. The van der Waals surface area contributed by atoms with E-state index in [1.54, 1.807) is 0 Å². The van der Waals surface area contributed by atoms with Crippen molar-refractivity contribution in [1.82, 2.24) is 24.9 Å². The number of furan rings is 1. The Bertz CT molecular complexity index is 3720. The SMILES string of the molecule is c1ccc(-c2cccc(-c3nc(-c4ccccc4)cc(-c4cccc(-c5cccc(-c6nc(-c7ccccc7)nc(-c7ccc8c(c7)oc7cc9ccccc9cc78)n6)c5)c4)n3)c2)cc1. The lowest BCUT2D eigenvalue weighted by atomic mass is 9.98. The van der Waals surface area contributed by atoms with E-state index in [1.807, 2.05) is 60.7 Å². The third kappa shape index (κ3) is 7.39. The second-order valence-corrected chi connectivity index (χ2v) is 16.1. The van der Waals surface area contributed by atoms with E-state index in [-0.39, 0.29) is 0 Å². The summed E-state index contributed by atoms with van der Waals surface area (Å²) in [7, 11) is 0. The molecule has 0 fully saturated rings. The van der Waals surface area contributed by atoms with E-state index in [4.69, 9.17) is 29.3 Å². The van der Waals surface area contributed by atoms with Crippen LogP contribution in [0.25, 0.3) is 123 Å². The summed E-state index contributed by atoms with van der Waals surface area (Å²) in [5.41, 5.74) is 13.2. The minimum Gasteiger partial charge on any atom is -0.456 e. The van der Waals surface area contributed by atoms with E-state index in [1.165, 1.54) is 5.39 Å². The predicted octanol–water partition coefficient (Wildman–Crippen LogP) is 15.1. The molecular weight excluding hydrogens is 795 g/mol. The van der Waals surface area contributed by atoms with Crippen LogP contribution in [0.5, 0.6) is 0 Å². The molecule has 0 aliphatic carbocycles. The average molecular weight is 832 g/mol. The highest BCUT2D eigenvalue weighted by molar-refractivity contribution is 6.10. The fraction of sp³-hybridized carbons (Fsp3) is 0. The Hall–Kier alpha value is -8.87. The Balaban J connectivity index is 0.933. The van der Waals surface area contributed by atoms with E-state index in [9.17, 15) is 0 Å². The van der Waals surface area contributed by atoms with Crippen LogP contribution in [-0.4, -0.2) is 24.9 Å². The van der Waals surface area contributed by atoms with Gasteiger partial charge in [-0.05, 0) is 81.6 Å². The topological polar surface area (TPSA) is 77.6 Å². The molecule has 0 unspecified atom stereocenters. The summed E-state index contributed by atoms with van der Waals surface area (Å²) in [6, 6.07) is 77.1. The van der Waals surface area contributed by atoms with E-state index in [0.717, 1.165) is 94.3 Å². The molecule has 0 saturated heterocycles. The van der Waals surface area contributed by atoms with Gasteiger partial charge in [-0.15, -0.1) is 0 Å². The molecular formula is C59H37N5O. The van der Waals surface area contributed by atoms with Crippen LogP contribution in [0.3, 0.4) is 0 Å². The lowest BCUT2D eigenvalue weighted by Crippen LogP contribution is -2.00. The van der Waals surface area contributed by atoms with Crippen molar-refractivity contribution in [3.8, 4) is 90.3 Å². The largest absolute Gasteiger partial charge is 0.456 e. The van der Waals surface area contributed by atoms with Crippen LogP contribution in [0.15, 0.2) is 229 Å². The Labute approximate surface area is 375 Å². The Morgan fingerprint density at radius 3 is 1.28 bits per heavy atom. The van der Waals surface area contributed by atoms with Crippen molar-refractivity contribution >= 4 is 32.7 Å². The molecule has 6 nitrogen and oxygen atoms in total. The number of benzene rings is 9. The van der Waals surface area contributed by atoms with Gasteiger partial charge in [0, 0.05) is 44.2 Å². The smallest absolute Gasteiger partial charge is 0.164 e. The quantitative estimate of drug-likeness (QED) is 0.152. The lowest BCUT2D eigenvalue weighted by Gasteiger charge is -2.12. The maximum absolute atomic E-state index is 6.46. The molecule has 3 heterocycles. The van der Waals surface area contributed by atoms with Crippen LogP contribution >= 0.6 is 0 Å². The molecule has 0 bridgehead atoms. The van der Waals surface area contributed by atoms with Crippen LogP contribution in [0, 0.1) is 0 Å². The van der Waals surface area contributed by atoms with Crippen LogP contribution in [0.1, 0.15) is 0 Å². The Morgan fingerprint density at radius 2 is 0.646 bits per heavy atom. The number of hydrogen-bond donors (Lipinski definition) is 0. The summed E-state index contributed by atoms with van der Waals surface area (Å²) >= 11 is 0. The van der Waals surface area contributed by atoms with Gasteiger partial charge in [-0.25, -0.2) is 24.9 Å². The first-order valence-corrected chi connectivity index (χ1v) is 21.6. The highest BCUT2D eigenvalue weighted by atomic mass is 16.3. The first kappa shape index (κ1) is 37.9. The highest BCUT2D eigenvalue weighted by Gasteiger charge is 2.17. The summed E-state index contributed by atoms with van der Waals surface area (Å²) < 4.78 is 6.46. The number of hydrogen-bond acceptors (Lipinski definition) is 6. The molecule has 12 rings (SSSR count). The van der Waals surface area contributed by atoms with E-state index in [0.29, 0.717) is 23.3 Å². The number of fused-ring (bicyclic) bond motifs is 4. The Kier molecular flexibility index (Phi) is 9.38. The zero-order valence-corrected chi connectivity index (χ0v) is 35.0. The molecule has 0 saturated carbocycles. The molecule has 0 radical (unpaired) electrons. The van der Waals surface area contributed by atoms with Crippen molar-refractivity contribution in [3.63, 3.8) is 0 Å². The van der Waals surface area contributed by atoms with Crippen LogP contribution < -0.4 is 0 Å². The molecule has 0 aliphatic rings. The third-order valence-electron chi connectivity index (χ3n) is 11.9. The van der Waals surface area contributed by atoms with E-state index >= 15 is 0 Å². The number of nitrogens with zero attached hydrogens (tertiary/aromatic N) is 5. The van der Waals surface area contributed by atoms with Crippen LogP contribution in [0.2, 0.25) is 0 Å². The minimum atomic E-state index is 0.567. The van der Waals surface area contributed by atoms with Crippen molar-refractivity contribution in [2.24, 2.45) is 0 Å². The second-order valence-electron chi connectivity index (χ2n) is 16.1. The van der Waals surface area contributed by atoms with Crippen molar-refractivity contribution < 1.29 is 4.42 Å². The van der Waals surface area contributed by atoms with Crippen LogP contribution in [-0.2, 0) is 0 Å². The standard InChI is InChI=1S/C59H37N5O/c1-4-15-38(16-5-1)41-23-13-27-47(32-41)57-60-52(39-17-6-2-7-18-39)37-53(61-57)46-26-12-24-42(31-46)43-25-14-28-48(33-43)58-62-56(40-19-8-3-9-20-40)63-59(64-58)49-29-30-50-51-34-44-21-10-11-22-45(44)35-55(51)65-54(50)36-49/h1-37H. The van der Waals surface area contributed by atoms with Gasteiger partial charge in [-0.2, -0.15) is 0 Å². The highest BCUT2D eigenvalue weighted by Crippen LogP contribution is 2.36. The second kappa shape index (κ2) is 16.1. The maximum atomic E-state index is 6.46. The molecule has 0 amide bonds. The molecule has 65 heavy (non-hydrogen) atoms. The Morgan fingerprint density at radius 1 is 0.231 bits per heavy atom. The molecule has 0 spiro atoms. The fourth-order valence-corrected chi connectivity index (χ4v) is 8.60. The maximum Gasteiger partial charge on any atom is 0.164 e. The normalized spacial score (nSPS) is 11.4. The lowest BCUT2D eigenvalue weighted by molar-refractivity contribution is 0.669. The third-order valence-corrected chi connectivity index (χ3v) is 11.9. The molecule has 0 N–H and O–H groups in total. The van der Waals surface area contributed by atoms with Gasteiger partial charge in [0.15, 0.2) is 23.3 Å². The van der Waals surface area contributed by atoms with Gasteiger partial charge in [0.25, 0.3) is 0 Å². The van der Waals surface area contributed by atoms with Crippen molar-refractivity contribution in [2.45, 2.75) is 0 Å². The van der Waals surface area contributed by atoms with Crippen molar-refractivity contribution in [1.29, 1.82) is 0 Å². The molecule has 12 aromatic rings. The van der Waals surface area contributed by atoms with Gasteiger partial charge >= 0.3 is 0 Å². The average Bonchev–Trinajstić information content (AvgIpc) is 3.75. The van der Waals surface area contributed by atoms with Gasteiger partial charge in [-0.1, -0.05) is 176 Å².